The van der Waals surface area contributed by atoms with Crippen molar-refractivity contribution in [3.63, 3.8) is 0 Å². The Morgan fingerprint density at radius 3 is 2.81 bits per heavy atom. The van der Waals surface area contributed by atoms with Crippen molar-refractivity contribution in [2.75, 3.05) is 32.8 Å². The topological polar surface area (TPSA) is 86.4 Å². The van der Waals surface area contributed by atoms with Gasteiger partial charge in [0.2, 0.25) is 0 Å². The van der Waals surface area contributed by atoms with Crippen molar-refractivity contribution in [2.45, 2.75) is 25.9 Å². The van der Waals surface area contributed by atoms with Gasteiger partial charge in [-0.3, -0.25) is 4.90 Å². The summed E-state index contributed by atoms with van der Waals surface area (Å²) in [6.07, 6.45) is 5.32. The second-order valence-electron chi connectivity index (χ2n) is 8.03. The van der Waals surface area contributed by atoms with Gasteiger partial charge in [-0.15, -0.1) is 0 Å². The fourth-order valence-electron chi connectivity index (χ4n) is 4.26. The third-order valence-corrected chi connectivity index (χ3v) is 5.95. The molecular formula is C24H28N4O3. The minimum absolute atomic E-state index is 0.153. The van der Waals surface area contributed by atoms with E-state index in [1.807, 2.05) is 25.3 Å². The van der Waals surface area contributed by atoms with Crippen LogP contribution in [-0.2, 0) is 0 Å². The van der Waals surface area contributed by atoms with Gasteiger partial charge >= 0.3 is 0 Å². The van der Waals surface area contributed by atoms with E-state index in [9.17, 15) is 5.11 Å². The van der Waals surface area contributed by atoms with Crippen LogP contribution in [0.5, 0.6) is 11.5 Å². The molecule has 1 aliphatic heterocycles. The molecule has 0 spiro atoms. The summed E-state index contributed by atoms with van der Waals surface area (Å²) in [7, 11) is 0. The van der Waals surface area contributed by atoms with Gasteiger partial charge < -0.3 is 24.5 Å². The maximum absolute atomic E-state index is 9.67. The second kappa shape index (κ2) is 8.61. The van der Waals surface area contributed by atoms with Crippen LogP contribution in [0.3, 0.4) is 0 Å². The molecule has 7 heteroatoms. The van der Waals surface area contributed by atoms with Crippen LogP contribution in [0, 0.1) is 0 Å². The highest BCUT2D eigenvalue weighted by atomic mass is 16.5. The third kappa shape index (κ3) is 4.11. The zero-order chi connectivity index (χ0) is 21.2. The lowest BCUT2D eigenvalue weighted by molar-refractivity contribution is 0.0752. The summed E-state index contributed by atoms with van der Waals surface area (Å²) in [6, 6.07) is 10.2. The summed E-state index contributed by atoms with van der Waals surface area (Å²) in [4.78, 5) is 13.5. The minimum atomic E-state index is -0.153. The summed E-state index contributed by atoms with van der Waals surface area (Å²) in [5.74, 6) is 1.50. The van der Waals surface area contributed by atoms with Crippen LogP contribution in [0.2, 0.25) is 0 Å². The summed E-state index contributed by atoms with van der Waals surface area (Å²) in [5.41, 5.74) is 3.97. The summed E-state index contributed by atoms with van der Waals surface area (Å²) < 4.78 is 12.0. The molecule has 0 unspecified atom stereocenters. The number of pyridine rings is 1. The fraction of sp³-hybridized carbons (Fsp3) is 0.375. The quantitative estimate of drug-likeness (QED) is 0.422. The molecular weight excluding hydrogens is 392 g/mol. The van der Waals surface area contributed by atoms with Crippen molar-refractivity contribution in [3.8, 4) is 22.8 Å². The van der Waals surface area contributed by atoms with Gasteiger partial charge in [-0.1, -0.05) is 0 Å². The highest BCUT2D eigenvalue weighted by molar-refractivity contribution is 5.98. The summed E-state index contributed by atoms with van der Waals surface area (Å²) in [5, 5.41) is 11.8. The van der Waals surface area contributed by atoms with E-state index in [1.165, 1.54) is 0 Å². The number of hydrogen-bond acceptors (Lipinski definition) is 5. The number of benzene rings is 1. The van der Waals surface area contributed by atoms with Gasteiger partial charge in [0.15, 0.2) is 11.5 Å². The van der Waals surface area contributed by atoms with E-state index in [1.54, 1.807) is 6.20 Å². The molecule has 1 aliphatic rings. The molecule has 0 bridgehead atoms. The van der Waals surface area contributed by atoms with Gasteiger partial charge in [-0.2, -0.15) is 0 Å². The number of fused-ring (bicyclic) bond motifs is 2. The smallest absolute Gasteiger partial charge is 0.163 e. The average Bonchev–Trinajstić information content (AvgIpc) is 3.39. The molecule has 162 valence electrons. The van der Waals surface area contributed by atoms with E-state index in [-0.39, 0.29) is 6.10 Å². The Bertz CT molecular complexity index is 1140. The second-order valence-corrected chi connectivity index (χ2v) is 8.03. The minimum Gasteiger partial charge on any atom is -0.490 e. The molecule has 0 amide bonds. The van der Waals surface area contributed by atoms with Gasteiger partial charge in [0.25, 0.3) is 0 Å². The maximum Gasteiger partial charge on any atom is 0.163 e. The number of aliphatic hydroxyl groups is 1. The number of aliphatic hydroxyl groups excluding tert-OH is 1. The van der Waals surface area contributed by atoms with E-state index in [0.717, 1.165) is 77.2 Å². The van der Waals surface area contributed by atoms with Crippen molar-refractivity contribution in [2.24, 2.45) is 0 Å². The first-order valence-corrected chi connectivity index (χ1v) is 11.0. The fourth-order valence-corrected chi connectivity index (χ4v) is 4.26. The number of H-pyrrole nitrogens is 2. The van der Waals surface area contributed by atoms with Crippen molar-refractivity contribution in [1.29, 1.82) is 0 Å². The number of piperidine rings is 1. The standard InChI is InChI=1S/C24H28N4O3/c1-2-30-22-13-18-19(21-12-16-4-3-7-25-24(16)27-21)15-26-20(18)14-23(22)31-11-10-28-8-5-17(29)6-9-28/h3-4,7,12-15,17,26,29H,2,5-6,8-11H2,1H3,(H,25,27). The Labute approximate surface area is 181 Å². The number of hydrogen-bond donors (Lipinski definition) is 3. The Morgan fingerprint density at radius 1 is 1.16 bits per heavy atom. The average molecular weight is 421 g/mol. The molecule has 0 saturated carbocycles. The molecule has 4 heterocycles. The predicted octanol–water partition coefficient (Wildman–Crippen LogP) is 3.95. The zero-order valence-electron chi connectivity index (χ0n) is 17.7. The normalized spacial score (nSPS) is 15.7. The van der Waals surface area contributed by atoms with Crippen molar-refractivity contribution >= 4 is 21.9 Å². The molecule has 1 saturated heterocycles. The van der Waals surface area contributed by atoms with Gasteiger partial charge in [0, 0.05) is 60.1 Å². The van der Waals surface area contributed by atoms with Crippen LogP contribution in [0.25, 0.3) is 33.2 Å². The Balaban J connectivity index is 1.38. The molecule has 5 rings (SSSR count). The van der Waals surface area contributed by atoms with Crippen LogP contribution < -0.4 is 9.47 Å². The number of rotatable bonds is 7. The monoisotopic (exact) mass is 420 g/mol. The molecule has 4 aromatic rings. The van der Waals surface area contributed by atoms with Crippen LogP contribution in [0.4, 0.5) is 0 Å². The first-order valence-electron chi connectivity index (χ1n) is 11.0. The first-order chi connectivity index (χ1) is 15.2. The molecule has 3 aromatic heterocycles. The SMILES string of the molecule is CCOc1cc2c(-c3cc4cccnc4[nH]3)c[nH]c2cc1OCCN1CCC(O)CC1. The number of likely N-dealkylation sites (tertiary alicyclic amines) is 1. The van der Waals surface area contributed by atoms with E-state index in [2.05, 4.69) is 38.1 Å². The van der Waals surface area contributed by atoms with E-state index < -0.39 is 0 Å². The lowest BCUT2D eigenvalue weighted by Crippen LogP contribution is -2.38. The Hall–Kier alpha value is -3.03. The largest absolute Gasteiger partial charge is 0.490 e. The van der Waals surface area contributed by atoms with Gasteiger partial charge in [-0.05, 0) is 44.0 Å². The highest BCUT2D eigenvalue weighted by Crippen LogP contribution is 2.37. The number of nitrogens with zero attached hydrogens (tertiary/aromatic N) is 2. The number of ether oxygens (including phenoxy) is 2. The van der Waals surface area contributed by atoms with Gasteiger partial charge in [0.05, 0.1) is 18.2 Å². The van der Waals surface area contributed by atoms with Crippen LogP contribution in [0.15, 0.2) is 42.7 Å². The van der Waals surface area contributed by atoms with Crippen molar-refractivity contribution < 1.29 is 14.6 Å². The first kappa shape index (κ1) is 19.9. The van der Waals surface area contributed by atoms with E-state index in [0.29, 0.717) is 13.2 Å². The number of aromatic nitrogens is 3. The predicted molar refractivity (Wildman–Crippen MR) is 122 cm³/mol. The number of nitrogens with one attached hydrogen (secondary N) is 2. The molecule has 0 radical (unpaired) electrons. The van der Waals surface area contributed by atoms with Gasteiger partial charge in [0.1, 0.15) is 12.3 Å². The Kier molecular flexibility index (Phi) is 5.53. The van der Waals surface area contributed by atoms with Crippen LogP contribution in [-0.4, -0.2) is 63.9 Å². The lowest BCUT2D eigenvalue weighted by atomic mass is 10.1. The molecule has 3 N–H and O–H groups in total. The molecule has 7 nitrogen and oxygen atoms in total. The van der Waals surface area contributed by atoms with Crippen LogP contribution in [0.1, 0.15) is 19.8 Å². The molecule has 1 fully saturated rings. The van der Waals surface area contributed by atoms with E-state index in [4.69, 9.17) is 9.47 Å². The maximum atomic E-state index is 9.67. The third-order valence-electron chi connectivity index (χ3n) is 5.95. The lowest BCUT2D eigenvalue weighted by Gasteiger charge is -2.29. The van der Waals surface area contributed by atoms with Crippen molar-refractivity contribution in [1.82, 2.24) is 19.9 Å². The van der Waals surface area contributed by atoms with E-state index >= 15 is 0 Å². The molecule has 0 atom stereocenters. The summed E-state index contributed by atoms with van der Waals surface area (Å²) in [6.45, 7) is 5.82. The van der Waals surface area contributed by atoms with Crippen LogP contribution >= 0.6 is 0 Å². The highest BCUT2D eigenvalue weighted by Gasteiger charge is 2.18. The summed E-state index contributed by atoms with van der Waals surface area (Å²) >= 11 is 0. The Morgan fingerprint density at radius 2 is 2.00 bits per heavy atom. The zero-order valence-corrected chi connectivity index (χ0v) is 17.7. The van der Waals surface area contributed by atoms with Crippen molar-refractivity contribution in [3.05, 3.63) is 42.7 Å². The molecule has 0 aliphatic carbocycles. The van der Waals surface area contributed by atoms with Gasteiger partial charge in [-0.25, -0.2) is 4.98 Å². The molecule has 1 aromatic carbocycles. The number of aromatic amines is 2. The molecule has 31 heavy (non-hydrogen) atoms.